The highest BCUT2D eigenvalue weighted by molar-refractivity contribution is 5.83. The minimum absolute atomic E-state index is 0.377. The lowest BCUT2D eigenvalue weighted by atomic mass is 9.73. The first kappa shape index (κ1) is 14.5. The Hall–Kier alpha value is -1.48. The molecule has 0 spiro atoms. The summed E-state index contributed by atoms with van der Waals surface area (Å²) in [4.78, 5) is 0. The van der Waals surface area contributed by atoms with E-state index in [0.717, 1.165) is 29.0 Å². The Kier molecular flexibility index (Phi) is 3.94. The van der Waals surface area contributed by atoms with Gasteiger partial charge in [-0.05, 0) is 30.4 Å². The van der Waals surface area contributed by atoms with E-state index in [1.54, 1.807) is 7.11 Å². The minimum Gasteiger partial charge on any atom is -0.493 e. The molecule has 0 radical (unpaired) electrons. The van der Waals surface area contributed by atoms with Crippen molar-refractivity contribution in [3.63, 3.8) is 0 Å². The summed E-state index contributed by atoms with van der Waals surface area (Å²) in [5.74, 6) is 1.78. The normalized spacial score (nSPS) is 21.6. The van der Waals surface area contributed by atoms with Gasteiger partial charge in [0.2, 0.25) is 0 Å². The van der Waals surface area contributed by atoms with Gasteiger partial charge in [-0.1, -0.05) is 38.8 Å². The predicted molar refractivity (Wildman–Crippen MR) is 85.6 cm³/mol. The van der Waals surface area contributed by atoms with E-state index in [9.17, 15) is 0 Å². The van der Waals surface area contributed by atoms with Gasteiger partial charge in [0.15, 0.2) is 11.3 Å². The quantitative estimate of drug-likeness (QED) is 0.899. The summed E-state index contributed by atoms with van der Waals surface area (Å²) in [5, 5.41) is 4.80. The van der Waals surface area contributed by atoms with Crippen molar-refractivity contribution in [1.82, 2.24) is 5.32 Å². The van der Waals surface area contributed by atoms with Gasteiger partial charge >= 0.3 is 0 Å². The Morgan fingerprint density at radius 1 is 1.33 bits per heavy atom. The van der Waals surface area contributed by atoms with Gasteiger partial charge in [-0.15, -0.1) is 0 Å². The third kappa shape index (κ3) is 2.93. The predicted octanol–water partition coefficient (Wildman–Crippen LogP) is 4.50. The van der Waals surface area contributed by atoms with Crippen molar-refractivity contribution in [3.05, 3.63) is 30.0 Å². The molecule has 1 N–H and O–H groups in total. The summed E-state index contributed by atoms with van der Waals surface area (Å²) in [6.45, 7) is 5.52. The standard InChI is InChI=1S/C18H25NO2/c1-18(2)10-5-4-9-16(18)19-12-14-11-13-7-6-8-15(20-3)17(13)21-14/h6-8,11,16,19H,4-5,9-10,12H2,1-3H3. The molecule has 0 saturated heterocycles. The van der Waals surface area contributed by atoms with E-state index in [4.69, 9.17) is 9.15 Å². The van der Waals surface area contributed by atoms with Crippen molar-refractivity contribution >= 4 is 11.0 Å². The van der Waals surface area contributed by atoms with Gasteiger partial charge in [0.1, 0.15) is 5.76 Å². The average Bonchev–Trinajstić information content (AvgIpc) is 2.88. The van der Waals surface area contributed by atoms with E-state index in [-0.39, 0.29) is 0 Å². The molecule has 2 aromatic rings. The van der Waals surface area contributed by atoms with Crippen LogP contribution in [-0.2, 0) is 6.54 Å². The van der Waals surface area contributed by atoms with Crippen LogP contribution < -0.4 is 10.1 Å². The van der Waals surface area contributed by atoms with Gasteiger partial charge < -0.3 is 14.5 Å². The lowest BCUT2D eigenvalue weighted by Gasteiger charge is -2.39. The van der Waals surface area contributed by atoms with Crippen LogP contribution in [0.2, 0.25) is 0 Å². The first-order chi connectivity index (χ1) is 10.1. The molecule has 0 amide bonds. The zero-order chi connectivity index (χ0) is 14.9. The highest BCUT2D eigenvalue weighted by Crippen LogP contribution is 2.36. The number of hydrogen-bond donors (Lipinski definition) is 1. The van der Waals surface area contributed by atoms with Crippen LogP contribution in [0, 0.1) is 5.41 Å². The van der Waals surface area contributed by atoms with Gasteiger partial charge in [0.25, 0.3) is 0 Å². The molecule has 1 fully saturated rings. The number of fused-ring (bicyclic) bond motifs is 1. The van der Waals surface area contributed by atoms with E-state index >= 15 is 0 Å². The molecule has 1 unspecified atom stereocenters. The van der Waals surface area contributed by atoms with E-state index in [0.29, 0.717) is 11.5 Å². The first-order valence-electron chi connectivity index (χ1n) is 7.89. The molecule has 1 aromatic heterocycles. The molecule has 1 atom stereocenters. The van der Waals surface area contributed by atoms with Crippen LogP contribution >= 0.6 is 0 Å². The fourth-order valence-electron chi connectivity index (χ4n) is 3.43. The molecule has 0 aliphatic heterocycles. The number of para-hydroxylation sites is 1. The number of rotatable bonds is 4. The SMILES string of the molecule is COc1cccc2cc(CNC3CCCCC3(C)C)oc12. The second-order valence-corrected chi connectivity index (χ2v) is 6.76. The number of nitrogens with one attached hydrogen (secondary N) is 1. The van der Waals surface area contributed by atoms with Crippen LogP contribution in [0.15, 0.2) is 28.7 Å². The van der Waals surface area contributed by atoms with E-state index in [1.807, 2.05) is 12.1 Å². The number of ether oxygens (including phenoxy) is 1. The van der Waals surface area contributed by atoms with Crippen LogP contribution in [0.4, 0.5) is 0 Å². The molecule has 1 aliphatic carbocycles. The first-order valence-corrected chi connectivity index (χ1v) is 7.89. The Balaban J connectivity index is 1.73. The molecule has 21 heavy (non-hydrogen) atoms. The maximum Gasteiger partial charge on any atom is 0.176 e. The fourth-order valence-corrected chi connectivity index (χ4v) is 3.43. The Morgan fingerprint density at radius 2 is 2.19 bits per heavy atom. The van der Waals surface area contributed by atoms with E-state index in [1.165, 1.54) is 25.7 Å². The highest BCUT2D eigenvalue weighted by atomic mass is 16.5. The maximum absolute atomic E-state index is 5.96. The van der Waals surface area contributed by atoms with Gasteiger partial charge in [-0.25, -0.2) is 0 Å². The number of hydrogen-bond acceptors (Lipinski definition) is 3. The summed E-state index contributed by atoms with van der Waals surface area (Å²) in [7, 11) is 1.68. The zero-order valence-electron chi connectivity index (χ0n) is 13.2. The summed E-state index contributed by atoms with van der Waals surface area (Å²) in [6, 6.07) is 8.68. The monoisotopic (exact) mass is 287 g/mol. The molecule has 114 valence electrons. The molecule has 1 aliphatic rings. The molecule has 1 saturated carbocycles. The molecule has 3 heteroatoms. The van der Waals surface area contributed by atoms with Crippen molar-refractivity contribution in [2.45, 2.75) is 52.1 Å². The third-order valence-corrected chi connectivity index (χ3v) is 4.81. The van der Waals surface area contributed by atoms with E-state index < -0.39 is 0 Å². The Morgan fingerprint density at radius 3 is 2.95 bits per heavy atom. The summed E-state index contributed by atoms with van der Waals surface area (Å²) in [6.07, 6.45) is 5.25. The topological polar surface area (TPSA) is 34.4 Å². The van der Waals surface area contributed by atoms with Gasteiger partial charge in [-0.2, -0.15) is 0 Å². The van der Waals surface area contributed by atoms with E-state index in [2.05, 4.69) is 31.3 Å². The summed E-state index contributed by atoms with van der Waals surface area (Å²) < 4.78 is 11.3. The third-order valence-electron chi connectivity index (χ3n) is 4.81. The van der Waals surface area contributed by atoms with Crippen molar-refractivity contribution in [1.29, 1.82) is 0 Å². The maximum atomic E-state index is 5.96. The van der Waals surface area contributed by atoms with Crippen LogP contribution in [0.3, 0.4) is 0 Å². The molecular weight excluding hydrogens is 262 g/mol. The number of furan rings is 1. The lowest BCUT2D eigenvalue weighted by molar-refractivity contribution is 0.164. The largest absolute Gasteiger partial charge is 0.493 e. The fraction of sp³-hybridized carbons (Fsp3) is 0.556. The second kappa shape index (κ2) is 5.72. The Labute approximate surface area is 126 Å². The van der Waals surface area contributed by atoms with Crippen LogP contribution in [0.25, 0.3) is 11.0 Å². The van der Waals surface area contributed by atoms with Gasteiger partial charge in [-0.3, -0.25) is 0 Å². The number of methoxy groups -OCH3 is 1. The minimum atomic E-state index is 0.377. The van der Waals surface area contributed by atoms with Gasteiger partial charge in [0, 0.05) is 11.4 Å². The second-order valence-electron chi connectivity index (χ2n) is 6.76. The molecule has 3 nitrogen and oxygen atoms in total. The molecule has 3 rings (SSSR count). The summed E-state index contributed by atoms with van der Waals surface area (Å²) in [5.41, 5.74) is 1.22. The molecular formula is C18H25NO2. The van der Waals surface area contributed by atoms with Crippen molar-refractivity contribution < 1.29 is 9.15 Å². The van der Waals surface area contributed by atoms with Gasteiger partial charge in [0.05, 0.1) is 13.7 Å². The van der Waals surface area contributed by atoms with Crippen LogP contribution in [0.1, 0.15) is 45.3 Å². The summed E-state index contributed by atoms with van der Waals surface area (Å²) >= 11 is 0. The smallest absolute Gasteiger partial charge is 0.176 e. The van der Waals surface area contributed by atoms with Crippen molar-refractivity contribution in [2.75, 3.05) is 7.11 Å². The molecule has 1 aromatic carbocycles. The molecule has 0 bridgehead atoms. The van der Waals surface area contributed by atoms with Crippen LogP contribution in [-0.4, -0.2) is 13.2 Å². The zero-order valence-corrected chi connectivity index (χ0v) is 13.2. The van der Waals surface area contributed by atoms with Crippen molar-refractivity contribution in [3.8, 4) is 5.75 Å². The average molecular weight is 287 g/mol. The molecule has 1 heterocycles. The van der Waals surface area contributed by atoms with Crippen LogP contribution in [0.5, 0.6) is 5.75 Å². The Bertz CT molecular complexity index is 615. The number of benzene rings is 1. The van der Waals surface area contributed by atoms with Crippen molar-refractivity contribution in [2.24, 2.45) is 5.41 Å². The highest BCUT2D eigenvalue weighted by Gasteiger charge is 2.31. The lowest BCUT2D eigenvalue weighted by Crippen LogP contribution is -2.43.